The molecule has 0 unspecified atom stereocenters. The first-order valence-corrected chi connectivity index (χ1v) is 10.7. The molecule has 0 spiro atoms. The van der Waals surface area contributed by atoms with Crippen LogP contribution in [0.1, 0.15) is 37.8 Å². The Hall–Kier alpha value is -1.53. The van der Waals surface area contributed by atoms with Crippen LogP contribution in [0.25, 0.3) is 0 Å². The van der Waals surface area contributed by atoms with Crippen LogP contribution in [0.5, 0.6) is 0 Å². The number of benzene rings is 2. The van der Waals surface area contributed by atoms with Crippen molar-refractivity contribution in [1.82, 2.24) is 0 Å². The molecule has 2 aliphatic rings. The monoisotopic (exact) mass is 338 g/mol. The molecule has 0 saturated carbocycles. The second-order valence-corrected chi connectivity index (χ2v) is 9.88. The lowest BCUT2D eigenvalue weighted by atomic mass is 10.0. The number of hydrogen-bond acceptors (Lipinski definition) is 2. The van der Waals surface area contributed by atoms with Gasteiger partial charge in [0.15, 0.2) is 0 Å². The van der Waals surface area contributed by atoms with Crippen molar-refractivity contribution in [2.45, 2.75) is 45.2 Å². The maximum atomic E-state index is 3.71. The summed E-state index contributed by atoms with van der Waals surface area (Å²) in [6, 6.07) is 13.9. The van der Waals surface area contributed by atoms with Crippen LogP contribution in [0.2, 0.25) is 0 Å². The Labute approximate surface area is 146 Å². The fraction of sp³-hybridized carbons (Fsp3) is 0.429. The molecule has 0 radical (unpaired) electrons. The third-order valence-electron chi connectivity index (χ3n) is 5.14. The fourth-order valence-electron chi connectivity index (χ4n) is 4.07. The zero-order valence-corrected chi connectivity index (χ0v) is 15.6. The number of fused-ring (bicyclic) bond motifs is 2. The first-order chi connectivity index (χ1) is 11.8. The van der Waals surface area contributed by atoms with E-state index in [1.807, 2.05) is 0 Å². The Kier molecular flexibility index (Phi) is 4.50. The van der Waals surface area contributed by atoms with Crippen molar-refractivity contribution in [2.75, 3.05) is 23.7 Å². The number of anilines is 2. The van der Waals surface area contributed by atoms with Gasteiger partial charge < -0.3 is 10.6 Å². The average molecular weight is 338 g/mol. The summed E-state index contributed by atoms with van der Waals surface area (Å²) in [6.07, 6.45) is 4.92. The largest absolute Gasteiger partial charge is 0.384 e. The van der Waals surface area contributed by atoms with Crippen LogP contribution in [0.15, 0.2) is 36.4 Å². The highest BCUT2D eigenvalue weighted by Crippen LogP contribution is 2.45. The maximum Gasteiger partial charge on any atom is 0.0454 e. The van der Waals surface area contributed by atoms with E-state index in [9.17, 15) is 0 Å². The molecule has 0 atom stereocenters. The van der Waals surface area contributed by atoms with Gasteiger partial charge in [0.25, 0.3) is 0 Å². The summed E-state index contributed by atoms with van der Waals surface area (Å²) in [4.78, 5) is 0. The van der Waals surface area contributed by atoms with E-state index in [0.29, 0.717) is 5.66 Å². The molecule has 0 aliphatic carbocycles. The van der Waals surface area contributed by atoms with Gasteiger partial charge in [0.05, 0.1) is 0 Å². The number of nitrogens with one attached hydrogen (secondary N) is 2. The predicted molar refractivity (Wildman–Crippen MR) is 108 cm³/mol. The summed E-state index contributed by atoms with van der Waals surface area (Å²) in [6.45, 7) is 6.99. The van der Waals surface area contributed by atoms with Crippen molar-refractivity contribution in [3.63, 3.8) is 0 Å². The molecule has 2 aromatic carbocycles. The molecule has 24 heavy (non-hydrogen) atoms. The first-order valence-electron chi connectivity index (χ1n) is 9.26. The third-order valence-corrected chi connectivity index (χ3v) is 7.96. The van der Waals surface area contributed by atoms with Crippen LogP contribution < -0.4 is 21.2 Å². The highest BCUT2D eigenvalue weighted by molar-refractivity contribution is 7.74. The van der Waals surface area contributed by atoms with E-state index in [2.05, 4.69) is 60.9 Å². The molecule has 126 valence electrons. The van der Waals surface area contributed by atoms with E-state index >= 15 is 0 Å². The van der Waals surface area contributed by atoms with Crippen molar-refractivity contribution >= 4 is 29.9 Å². The van der Waals surface area contributed by atoms with Gasteiger partial charge in [-0.3, -0.25) is 0 Å². The summed E-state index contributed by atoms with van der Waals surface area (Å²) in [7, 11) is -0.364. The van der Waals surface area contributed by atoms with Crippen molar-refractivity contribution in [3.05, 3.63) is 47.5 Å². The number of aryl methyl sites for hydroxylation is 2. The summed E-state index contributed by atoms with van der Waals surface area (Å²) >= 11 is 0. The molecule has 4 rings (SSSR count). The van der Waals surface area contributed by atoms with Crippen LogP contribution in [-0.4, -0.2) is 18.7 Å². The number of rotatable bonds is 3. The fourth-order valence-corrected chi connectivity index (χ4v) is 6.86. The van der Waals surface area contributed by atoms with Gasteiger partial charge in [0.2, 0.25) is 0 Å². The lowest BCUT2D eigenvalue weighted by Gasteiger charge is -2.32. The molecule has 2 aromatic rings. The smallest absolute Gasteiger partial charge is 0.0454 e. The predicted octanol–water partition coefficient (Wildman–Crippen LogP) is 4.24. The van der Waals surface area contributed by atoms with Gasteiger partial charge in [0, 0.05) is 35.1 Å². The van der Waals surface area contributed by atoms with Gasteiger partial charge in [-0.25, -0.2) is 0 Å². The Bertz CT molecular complexity index is 679. The van der Waals surface area contributed by atoms with E-state index in [-0.39, 0.29) is 7.92 Å². The molecular weight excluding hydrogens is 311 g/mol. The van der Waals surface area contributed by atoms with E-state index in [0.717, 1.165) is 13.1 Å². The SMILES string of the molecule is CC(C)P(c1cccc2c1NCCC2)c1cccc2c1NCCC2. The maximum absolute atomic E-state index is 3.71. The Balaban J connectivity index is 1.85. The average Bonchev–Trinajstić information content (AvgIpc) is 2.62. The molecule has 0 aromatic heterocycles. The molecular formula is C21H27N2P. The quantitative estimate of drug-likeness (QED) is 0.818. The molecule has 0 saturated heterocycles. The van der Waals surface area contributed by atoms with E-state index in [1.54, 1.807) is 0 Å². The third kappa shape index (κ3) is 2.82. The molecule has 3 heteroatoms. The van der Waals surface area contributed by atoms with Crippen LogP contribution in [0.4, 0.5) is 11.4 Å². The number of para-hydroxylation sites is 2. The van der Waals surface area contributed by atoms with Crippen molar-refractivity contribution in [3.8, 4) is 0 Å². The highest BCUT2D eigenvalue weighted by atomic mass is 31.1. The molecule has 0 fully saturated rings. The van der Waals surface area contributed by atoms with Crippen LogP contribution in [0.3, 0.4) is 0 Å². The molecule has 2 aliphatic heterocycles. The molecule has 0 amide bonds. The standard InChI is InChI=1S/C21H27N2P/c1-15(2)24(18-11-3-7-16-9-5-13-22-20(16)18)19-12-4-8-17-10-6-14-23-21(17)19/h3-4,7-8,11-12,15,22-23H,5-6,9-10,13-14H2,1-2H3. The zero-order chi connectivity index (χ0) is 16.5. The Morgan fingerprint density at radius 2 is 1.29 bits per heavy atom. The van der Waals surface area contributed by atoms with Crippen molar-refractivity contribution in [2.24, 2.45) is 0 Å². The van der Waals surface area contributed by atoms with Crippen molar-refractivity contribution in [1.29, 1.82) is 0 Å². The normalized spacial score (nSPS) is 16.3. The number of hydrogen-bond donors (Lipinski definition) is 2. The van der Waals surface area contributed by atoms with E-state index in [4.69, 9.17) is 0 Å². The Morgan fingerprint density at radius 1 is 0.792 bits per heavy atom. The second-order valence-electron chi connectivity index (χ2n) is 7.15. The van der Waals surface area contributed by atoms with Gasteiger partial charge in [-0.2, -0.15) is 0 Å². The van der Waals surface area contributed by atoms with Gasteiger partial charge in [-0.05, 0) is 50.4 Å². The van der Waals surface area contributed by atoms with Crippen LogP contribution in [-0.2, 0) is 12.8 Å². The lowest BCUT2D eigenvalue weighted by molar-refractivity contribution is 0.831. The molecule has 2 heterocycles. The first kappa shape index (κ1) is 16.0. The molecule has 2 N–H and O–H groups in total. The zero-order valence-electron chi connectivity index (χ0n) is 14.7. The second kappa shape index (κ2) is 6.76. The summed E-state index contributed by atoms with van der Waals surface area (Å²) in [5.74, 6) is 0. The topological polar surface area (TPSA) is 24.1 Å². The minimum Gasteiger partial charge on any atom is -0.384 e. The minimum absolute atomic E-state index is 0.364. The van der Waals surface area contributed by atoms with E-state index in [1.165, 1.54) is 58.8 Å². The summed E-state index contributed by atoms with van der Waals surface area (Å²) in [5, 5.41) is 10.5. The van der Waals surface area contributed by atoms with Gasteiger partial charge in [-0.15, -0.1) is 0 Å². The summed E-state index contributed by atoms with van der Waals surface area (Å²) < 4.78 is 0. The molecule has 2 nitrogen and oxygen atoms in total. The lowest BCUT2D eigenvalue weighted by Crippen LogP contribution is -2.28. The van der Waals surface area contributed by atoms with Gasteiger partial charge >= 0.3 is 0 Å². The summed E-state index contributed by atoms with van der Waals surface area (Å²) in [5.41, 5.74) is 6.49. The minimum atomic E-state index is -0.364. The molecule has 0 bridgehead atoms. The van der Waals surface area contributed by atoms with Gasteiger partial charge in [0.1, 0.15) is 0 Å². The van der Waals surface area contributed by atoms with E-state index < -0.39 is 0 Å². The van der Waals surface area contributed by atoms with Gasteiger partial charge in [-0.1, -0.05) is 50.2 Å². The van der Waals surface area contributed by atoms with Crippen LogP contribution in [0, 0.1) is 0 Å². The highest BCUT2D eigenvalue weighted by Gasteiger charge is 2.27. The van der Waals surface area contributed by atoms with Crippen molar-refractivity contribution < 1.29 is 0 Å². The Morgan fingerprint density at radius 3 is 1.75 bits per heavy atom. The van der Waals surface area contributed by atoms with Crippen LogP contribution >= 0.6 is 7.92 Å².